The molecule has 0 radical (unpaired) electrons. The van der Waals surface area contributed by atoms with Crippen LogP contribution in [-0.4, -0.2) is 48.7 Å². The molecule has 2 aromatic carbocycles. The first-order chi connectivity index (χ1) is 23.6. The van der Waals surface area contributed by atoms with Gasteiger partial charge in [-0.2, -0.15) is 0 Å². The van der Waals surface area contributed by atoms with Crippen LogP contribution in [0.5, 0.6) is 11.5 Å². The van der Waals surface area contributed by atoms with Crippen molar-refractivity contribution in [3.63, 3.8) is 0 Å². The van der Waals surface area contributed by atoms with E-state index in [-0.39, 0.29) is 25.0 Å². The number of aryl methyl sites for hydroxylation is 2. The van der Waals surface area contributed by atoms with E-state index in [0.29, 0.717) is 43.6 Å². The average Bonchev–Trinajstić information content (AvgIpc) is 3.70. The summed E-state index contributed by atoms with van der Waals surface area (Å²) in [6, 6.07) is 14.1. The maximum atomic E-state index is 13.5. The summed E-state index contributed by atoms with van der Waals surface area (Å²) in [5, 5.41) is 0. The van der Waals surface area contributed by atoms with Crippen molar-refractivity contribution >= 4 is 24.2 Å². The molecule has 1 saturated carbocycles. The molecule has 0 aliphatic heterocycles. The van der Waals surface area contributed by atoms with Crippen LogP contribution in [0.4, 0.5) is 9.59 Å². The van der Waals surface area contributed by atoms with Gasteiger partial charge < -0.3 is 28.4 Å². The Morgan fingerprint density at radius 3 is 1.32 bits per heavy atom. The molecule has 0 bridgehead atoms. The maximum absolute atomic E-state index is 13.5. The SMILES string of the molecule is CC.CCCC1C(CC)C1(C(=O)OCCCc1ccc(OC(=O)OC(C)(C)C)cc1)C(=O)OCCCc1ccc(OC(=O)OC(C)(C)C)cc1. The predicted molar refractivity (Wildman–Crippen MR) is 191 cm³/mol. The van der Waals surface area contributed by atoms with Gasteiger partial charge >= 0.3 is 24.2 Å². The standard InChI is InChI=1S/C38H52O10.C2H6/c1-9-13-31-30(10-2)38(31,32(39)43-24-11-14-26-16-20-28(21-17-26)45-34(41)47-36(3,4)5)33(40)44-25-12-15-27-18-22-29(23-19-27)46-35(42)48-37(6,7)8;1-2/h16-23,30-31H,9-15,24-25H2,1-8H3;1-2H3. The van der Waals surface area contributed by atoms with E-state index in [9.17, 15) is 19.2 Å². The number of benzene rings is 2. The first-order valence-corrected chi connectivity index (χ1v) is 17.9. The first kappa shape index (κ1) is 42.1. The van der Waals surface area contributed by atoms with Crippen molar-refractivity contribution in [2.45, 2.75) is 125 Å². The Balaban J connectivity index is 0.00000425. The lowest BCUT2D eigenvalue weighted by atomic mass is 10.00. The fraction of sp³-hybridized carbons (Fsp3) is 0.600. The molecule has 0 saturated heterocycles. The molecule has 0 spiro atoms. The van der Waals surface area contributed by atoms with Crippen LogP contribution in [0.25, 0.3) is 0 Å². The zero-order valence-corrected chi connectivity index (χ0v) is 31.7. The van der Waals surface area contributed by atoms with Gasteiger partial charge in [0.2, 0.25) is 0 Å². The zero-order valence-electron chi connectivity index (χ0n) is 31.7. The van der Waals surface area contributed by atoms with E-state index in [1.807, 2.05) is 52.0 Å². The average molecular weight is 699 g/mol. The highest BCUT2D eigenvalue weighted by atomic mass is 16.7. The second-order valence-electron chi connectivity index (χ2n) is 14.2. The van der Waals surface area contributed by atoms with Gasteiger partial charge in [0, 0.05) is 0 Å². The van der Waals surface area contributed by atoms with Gasteiger partial charge in [0.25, 0.3) is 0 Å². The Morgan fingerprint density at radius 1 is 0.620 bits per heavy atom. The van der Waals surface area contributed by atoms with Crippen LogP contribution < -0.4 is 9.47 Å². The molecule has 0 heterocycles. The molecule has 0 N–H and O–H groups in total. The highest BCUT2D eigenvalue weighted by molar-refractivity contribution is 6.04. The van der Waals surface area contributed by atoms with Crippen molar-refractivity contribution in [2.75, 3.05) is 13.2 Å². The Morgan fingerprint density at radius 2 is 1.00 bits per heavy atom. The number of esters is 2. The van der Waals surface area contributed by atoms with Gasteiger partial charge in [0.05, 0.1) is 13.2 Å². The number of rotatable bonds is 15. The van der Waals surface area contributed by atoms with Crippen molar-refractivity contribution < 1.29 is 47.6 Å². The molecule has 2 unspecified atom stereocenters. The van der Waals surface area contributed by atoms with Gasteiger partial charge in [-0.25, -0.2) is 9.59 Å². The van der Waals surface area contributed by atoms with Crippen LogP contribution in [0.1, 0.15) is 112 Å². The fourth-order valence-electron chi connectivity index (χ4n) is 5.88. The summed E-state index contributed by atoms with van der Waals surface area (Å²) >= 11 is 0. The first-order valence-electron chi connectivity index (χ1n) is 17.9. The Kier molecular flexibility index (Phi) is 16.3. The van der Waals surface area contributed by atoms with Crippen molar-refractivity contribution in [1.82, 2.24) is 0 Å². The second kappa shape index (κ2) is 19.3. The Hall–Kier alpha value is -4.08. The summed E-state index contributed by atoms with van der Waals surface area (Å²) in [6.45, 7) is 19.0. The molecule has 3 rings (SSSR count). The molecule has 50 heavy (non-hydrogen) atoms. The van der Waals surface area contributed by atoms with E-state index in [0.717, 1.165) is 24.0 Å². The number of ether oxygens (including phenoxy) is 6. The van der Waals surface area contributed by atoms with Gasteiger partial charge in [-0.05, 0) is 121 Å². The van der Waals surface area contributed by atoms with Gasteiger partial charge in [0.15, 0.2) is 5.41 Å². The van der Waals surface area contributed by atoms with Crippen LogP contribution in [0, 0.1) is 17.3 Å². The van der Waals surface area contributed by atoms with Crippen LogP contribution >= 0.6 is 0 Å². The van der Waals surface area contributed by atoms with E-state index in [2.05, 4.69) is 0 Å². The molecule has 10 nitrogen and oxygen atoms in total. The lowest BCUT2D eigenvalue weighted by molar-refractivity contribution is -0.166. The van der Waals surface area contributed by atoms with E-state index in [1.54, 1.807) is 65.8 Å². The normalized spacial score (nSPS) is 16.2. The van der Waals surface area contributed by atoms with E-state index >= 15 is 0 Å². The molecule has 0 amide bonds. The van der Waals surface area contributed by atoms with Crippen LogP contribution in [0.2, 0.25) is 0 Å². The number of hydrogen-bond acceptors (Lipinski definition) is 10. The molecule has 278 valence electrons. The molecular formula is C40H58O10. The molecular weight excluding hydrogens is 640 g/mol. The van der Waals surface area contributed by atoms with Gasteiger partial charge in [-0.3, -0.25) is 9.59 Å². The lowest BCUT2D eigenvalue weighted by Gasteiger charge is -2.18. The van der Waals surface area contributed by atoms with Crippen molar-refractivity contribution in [2.24, 2.45) is 17.3 Å². The maximum Gasteiger partial charge on any atom is 0.514 e. The highest BCUT2D eigenvalue weighted by Crippen LogP contribution is 2.64. The van der Waals surface area contributed by atoms with Crippen molar-refractivity contribution in [1.29, 1.82) is 0 Å². The minimum absolute atomic E-state index is 0.0949. The van der Waals surface area contributed by atoms with Crippen LogP contribution in [0.15, 0.2) is 48.5 Å². The molecule has 1 aliphatic carbocycles. The summed E-state index contributed by atoms with van der Waals surface area (Å²) in [5.41, 5.74) is -0.566. The summed E-state index contributed by atoms with van der Waals surface area (Å²) in [7, 11) is 0. The molecule has 2 atom stereocenters. The quantitative estimate of drug-likeness (QED) is 0.0584. The molecule has 0 aromatic heterocycles. The Bertz CT molecular complexity index is 1270. The van der Waals surface area contributed by atoms with E-state index in [1.165, 1.54) is 0 Å². The zero-order chi connectivity index (χ0) is 37.5. The van der Waals surface area contributed by atoms with Gasteiger partial charge in [-0.15, -0.1) is 0 Å². The minimum Gasteiger partial charge on any atom is -0.465 e. The fourth-order valence-corrected chi connectivity index (χ4v) is 5.88. The smallest absolute Gasteiger partial charge is 0.465 e. The molecule has 10 heteroatoms. The van der Waals surface area contributed by atoms with Crippen LogP contribution in [-0.2, 0) is 41.4 Å². The molecule has 2 aromatic rings. The third-order valence-electron chi connectivity index (χ3n) is 7.98. The third-order valence-corrected chi connectivity index (χ3v) is 7.98. The second-order valence-corrected chi connectivity index (χ2v) is 14.2. The van der Waals surface area contributed by atoms with Crippen molar-refractivity contribution in [3.05, 3.63) is 59.7 Å². The third kappa shape index (κ3) is 13.0. The number of hydrogen-bond donors (Lipinski definition) is 0. The summed E-state index contributed by atoms with van der Waals surface area (Å²) in [6.07, 6.45) is 3.18. The van der Waals surface area contributed by atoms with Gasteiger partial charge in [-0.1, -0.05) is 64.8 Å². The lowest BCUT2D eigenvalue weighted by Crippen LogP contribution is -2.34. The minimum atomic E-state index is -1.26. The molecule has 1 fully saturated rings. The summed E-state index contributed by atoms with van der Waals surface area (Å²) < 4.78 is 32.2. The molecule has 1 aliphatic rings. The largest absolute Gasteiger partial charge is 0.514 e. The summed E-state index contributed by atoms with van der Waals surface area (Å²) in [4.78, 5) is 50.8. The summed E-state index contributed by atoms with van der Waals surface area (Å²) in [5.74, 6) is -0.443. The van der Waals surface area contributed by atoms with Crippen molar-refractivity contribution in [3.8, 4) is 11.5 Å². The van der Waals surface area contributed by atoms with Gasteiger partial charge in [0.1, 0.15) is 22.7 Å². The number of carbonyl (C=O) groups is 4. The monoisotopic (exact) mass is 698 g/mol. The highest BCUT2D eigenvalue weighted by Gasteiger charge is 2.74. The predicted octanol–water partition coefficient (Wildman–Crippen LogP) is 9.43. The van der Waals surface area contributed by atoms with E-state index < -0.39 is 40.9 Å². The van der Waals surface area contributed by atoms with Crippen LogP contribution in [0.3, 0.4) is 0 Å². The number of carbonyl (C=O) groups excluding carboxylic acids is 4. The Labute approximate surface area is 298 Å². The van der Waals surface area contributed by atoms with E-state index in [4.69, 9.17) is 28.4 Å². The topological polar surface area (TPSA) is 124 Å².